The standard InChI is InChI=1S/C12H15NO5S/c14-10-6-13(7-11(10)15)19(16,17)9-1-2-12-8(5-9)3-4-18-12/h1-2,5,10-11,14-15H,3-4,6-7H2. The van der Waals surface area contributed by atoms with Crippen LogP contribution in [0.2, 0.25) is 0 Å². The summed E-state index contributed by atoms with van der Waals surface area (Å²) in [6.07, 6.45) is -1.34. The van der Waals surface area contributed by atoms with E-state index in [-0.39, 0.29) is 18.0 Å². The first-order valence-corrected chi connectivity index (χ1v) is 7.54. The lowest BCUT2D eigenvalue weighted by molar-refractivity contribution is 0.0572. The number of hydrogen-bond acceptors (Lipinski definition) is 5. The van der Waals surface area contributed by atoms with Gasteiger partial charge in [-0.25, -0.2) is 8.42 Å². The maximum atomic E-state index is 12.4. The molecule has 2 aliphatic rings. The van der Waals surface area contributed by atoms with E-state index in [0.29, 0.717) is 13.0 Å². The summed E-state index contributed by atoms with van der Waals surface area (Å²) < 4.78 is 31.2. The molecule has 6 nitrogen and oxygen atoms in total. The van der Waals surface area contributed by atoms with E-state index >= 15 is 0 Å². The molecule has 1 fully saturated rings. The quantitative estimate of drug-likeness (QED) is 0.754. The average Bonchev–Trinajstić information content (AvgIpc) is 2.96. The molecule has 0 amide bonds. The van der Waals surface area contributed by atoms with Crippen LogP contribution in [0.5, 0.6) is 5.75 Å². The van der Waals surface area contributed by atoms with Crippen molar-refractivity contribution in [3.63, 3.8) is 0 Å². The number of fused-ring (bicyclic) bond motifs is 1. The van der Waals surface area contributed by atoms with E-state index in [2.05, 4.69) is 0 Å². The number of nitrogens with zero attached hydrogens (tertiary/aromatic N) is 1. The Balaban J connectivity index is 1.93. The number of rotatable bonds is 2. The number of ether oxygens (including phenoxy) is 1. The molecule has 1 aromatic rings. The maximum Gasteiger partial charge on any atom is 0.243 e. The molecule has 0 bridgehead atoms. The normalized spacial score (nSPS) is 27.3. The molecule has 0 spiro atoms. The van der Waals surface area contributed by atoms with Crippen LogP contribution < -0.4 is 4.74 Å². The van der Waals surface area contributed by atoms with Crippen LogP contribution in [0, 0.1) is 0 Å². The van der Waals surface area contributed by atoms with E-state index in [0.717, 1.165) is 15.6 Å². The van der Waals surface area contributed by atoms with Gasteiger partial charge in [-0.2, -0.15) is 4.31 Å². The summed E-state index contributed by atoms with van der Waals surface area (Å²) in [5.41, 5.74) is 0.876. The molecular weight excluding hydrogens is 270 g/mol. The highest BCUT2D eigenvalue weighted by molar-refractivity contribution is 7.89. The lowest BCUT2D eigenvalue weighted by Gasteiger charge is -2.16. The van der Waals surface area contributed by atoms with Crippen LogP contribution in [0.25, 0.3) is 0 Å². The van der Waals surface area contributed by atoms with Gasteiger partial charge in [-0.1, -0.05) is 0 Å². The SMILES string of the molecule is O=S(=O)(c1ccc2c(c1)CCO2)N1CC(O)C(O)C1. The summed E-state index contributed by atoms with van der Waals surface area (Å²) in [6, 6.07) is 4.75. The van der Waals surface area contributed by atoms with Crippen LogP contribution in [0.15, 0.2) is 23.1 Å². The molecule has 0 saturated carbocycles. The monoisotopic (exact) mass is 285 g/mol. The van der Waals surface area contributed by atoms with E-state index < -0.39 is 22.2 Å². The number of benzene rings is 1. The molecule has 2 aliphatic heterocycles. The molecule has 2 unspecified atom stereocenters. The van der Waals surface area contributed by atoms with Gasteiger partial charge in [-0.3, -0.25) is 0 Å². The Labute approximate surface area is 111 Å². The highest BCUT2D eigenvalue weighted by Gasteiger charge is 2.37. The molecule has 104 valence electrons. The summed E-state index contributed by atoms with van der Waals surface area (Å²) in [6.45, 7) is 0.425. The van der Waals surface area contributed by atoms with Gasteiger partial charge < -0.3 is 14.9 Å². The van der Waals surface area contributed by atoms with Gasteiger partial charge in [0.05, 0.1) is 23.7 Å². The molecule has 3 rings (SSSR count). The first kappa shape index (κ1) is 12.9. The first-order valence-electron chi connectivity index (χ1n) is 6.10. The molecule has 2 heterocycles. The molecule has 0 radical (unpaired) electrons. The zero-order valence-electron chi connectivity index (χ0n) is 10.2. The zero-order valence-corrected chi connectivity index (χ0v) is 11.0. The van der Waals surface area contributed by atoms with Crippen molar-refractivity contribution in [1.29, 1.82) is 0 Å². The first-order chi connectivity index (χ1) is 8.98. The topological polar surface area (TPSA) is 87.1 Å². The Hall–Kier alpha value is -1.15. The number of aliphatic hydroxyl groups excluding tert-OH is 2. The van der Waals surface area contributed by atoms with Crippen LogP contribution in [0.1, 0.15) is 5.56 Å². The van der Waals surface area contributed by atoms with Crippen molar-refractivity contribution < 1.29 is 23.4 Å². The van der Waals surface area contributed by atoms with Gasteiger partial charge in [0, 0.05) is 19.5 Å². The van der Waals surface area contributed by atoms with Crippen LogP contribution in [0.3, 0.4) is 0 Å². The minimum atomic E-state index is -3.67. The van der Waals surface area contributed by atoms with Crippen LogP contribution in [-0.2, 0) is 16.4 Å². The molecule has 1 aromatic carbocycles. The second kappa shape index (κ2) is 4.45. The predicted octanol–water partition coefficient (Wildman–Crippen LogP) is -0.652. The minimum absolute atomic E-state index is 0.0723. The largest absolute Gasteiger partial charge is 0.493 e. The van der Waals surface area contributed by atoms with Crippen molar-refractivity contribution in [3.8, 4) is 5.75 Å². The van der Waals surface area contributed by atoms with Gasteiger partial charge in [0.25, 0.3) is 0 Å². The van der Waals surface area contributed by atoms with E-state index in [1.807, 2.05) is 0 Å². The fourth-order valence-corrected chi connectivity index (χ4v) is 3.93. The average molecular weight is 285 g/mol. The lowest BCUT2D eigenvalue weighted by Crippen LogP contribution is -2.30. The molecule has 1 saturated heterocycles. The lowest BCUT2D eigenvalue weighted by atomic mass is 10.2. The summed E-state index contributed by atoms with van der Waals surface area (Å²) in [4.78, 5) is 0.179. The molecule has 19 heavy (non-hydrogen) atoms. The fraction of sp³-hybridized carbons (Fsp3) is 0.500. The fourth-order valence-electron chi connectivity index (χ4n) is 2.40. The van der Waals surface area contributed by atoms with Gasteiger partial charge in [-0.15, -0.1) is 0 Å². The van der Waals surface area contributed by atoms with Crippen LogP contribution in [0.4, 0.5) is 0 Å². The number of sulfonamides is 1. The second-order valence-electron chi connectivity index (χ2n) is 4.82. The molecule has 2 atom stereocenters. The van der Waals surface area contributed by atoms with Crippen LogP contribution in [-0.4, -0.2) is 54.8 Å². The Morgan fingerprint density at radius 3 is 2.58 bits per heavy atom. The third-order valence-electron chi connectivity index (χ3n) is 3.52. The van der Waals surface area contributed by atoms with Gasteiger partial charge in [0.15, 0.2) is 0 Å². The molecule has 2 N–H and O–H groups in total. The highest BCUT2D eigenvalue weighted by atomic mass is 32.2. The van der Waals surface area contributed by atoms with E-state index in [1.54, 1.807) is 12.1 Å². The van der Waals surface area contributed by atoms with Gasteiger partial charge in [0.1, 0.15) is 5.75 Å². The maximum absolute atomic E-state index is 12.4. The van der Waals surface area contributed by atoms with Crippen molar-refractivity contribution in [2.45, 2.75) is 23.5 Å². The predicted molar refractivity (Wildman–Crippen MR) is 66.4 cm³/mol. The van der Waals surface area contributed by atoms with Gasteiger partial charge in [0.2, 0.25) is 10.0 Å². The van der Waals surface area contributed by atoms with Crippen molar-refractivity contribution in [2.24, 2.45) is 0 Å². The number of β-amino-alcohol motifs (C(OH)–C–C–N with tert-alkyl or cyclic N) is 2. The van der Waals surface area contributed by atoms with Gasteiger partial charge in [-0.05, 0) is 23.8 Å². The second-order valence-corrected chi connectivity index (χ2v) is 6.76. The summed E-state index contributed by atoms with van der Waals surface area (Å²) in [5.74, 6) is 0.723. The number of hydrogen-bond donors (Lipinski definition) is 2. The Morgan fingerprint density at radius 2 is 1.89 bits per heavy atom. The summed E-state index contributed by atoms with van der Waals surface area (Å²) in [5, 5.41) is 18.9. The summed E-state index contributed by atoms with van der Waals surface area (Å²) >= 11 is 0. The molecule has 0 aromatic heterocycles. The Kier molecular flexibility index (Phi) is 3.01. The molecular formula is C12H15NO5S. The van der Waals surface area contributed by atoms with Crippen molar-refractivity contribution in [2.75, 3.05) is 19.7 Å². The third kappa shape index (κ3) is 2.12. The van der Waals surface area contributed by atoms with E-state index in [1.165, 1.54) is 6.07 Å². The summed E-state index contributed by atoms with van der Waals surface area (Å²) in [7, 11) is -3.67. The highest BCUT2D eigenvalue weighted by Crippen LogP contribution is 2.29. The molecule has 0 aliphatic carbocycles. The van der Waals surface area contributed by atoms with Crippen molar-refractivity contribution in [3.05, 3.63) is 23.8 Å². The van der Waals surface area contributed by atoms with Crippen molar-refractivity contribution >= 4 is 10.0 Å². The van der Waals surface area contributed by atoms with E-state index in [9.17, 15) is 18.6 Å². The molecule has 7 heteroatoms. The Bertz CT molecular complexity index is 590. The van der Waals surface area contributed by atoms with Gasteiger partial charge >= 0.3 is 0 Å². The minimum Gasteiger partial charge on any atom is -0.493 e. The third-order valence-corrected chi connectivity index (χ3v) is 5.35. The van der Waals surface area contributed by atoms with Crippen LogP contribution >= 0.6 is 0 Å². The van der Waals surface area contributed by atoms with Crippen molar-refractivity contribution in [1.82, 2.24) is 4.31 Å². The zero-order chi connectivity index (χ0) is 13.6. The smallest absolute Gasteiger partial charge is 0.243 e. The van der Waals surface area contributed by atoms with E-state index in [4.69, 9.17) is 4.74 Å². The Morgan fingerprint density at radius 1 is 1.21 bits per heavy atom. The number of aliphatic hydroxyl groups is 2.